The third kappa shape index (κ3) is 2.71. The summed E-state index contributed by atoms with van der Waals surface area (Å²) in [7, 11) is 0. The molecule has 1 aliphatic carbocycles. The lowest BCUT2D eigenvalue weighted by molar-refractivity contribution is -0.137. The summed E-state index contributed by atoms with van der Waals surface area (Å²) in [4.78, 5) is 15.1. The molecule has 2 fully saturated rings. The number of nitrogens with two attached hydrogens (primary N) is 1. The highest BCUT2D eigenvalue weighted by Gasteiger charge is 2.39. The van der Waals surface area contributed by atoms with Gasteiger partial charge in [0.05, 0.1) is 6.04 Å². The molecule has 3 heteroatoms. The summed E-state index contributed by atoms with van der Waals surface area (Å²) >= 11 is 0. The Morgan fingerprint density at radius 1 is 1.24 bits per heavy atom. The summed E-state index contributed by atoms with van der Waals surface area (Å²) in [6.45, 7) is 3.71. The fraction of sp³-hybridized carbons (Fsp3) is 0.611. The molecule has 3 unspecified atom stereocenters. The average Bonchev–Trinajstić information content (AvgIpc) is 3.16. The number of rotatable bonds is 3. The van der Waals surface area contributed by atoms with Gasteiger partial charge in [-0.25, -0.2) is 0 Å². The minimum absolute atomic E-state index is 0.166. The smallest absolute Gasteiger partial charge is 0.226 e. The number of carbonyl (C=O) groups is 1. The number of carbonyl (C=O) groups excluding carboxylic acids is 1. The van der Waals surface area contributed by atoms with Gasteiger partial charge in [-0.05, 0) is 56.2 Å². The topological polar surface area (TPSA) is 46.3 Å². The first-order valence-corrected chi connectivity index (χ1v) is 8.28. The maximum absolute atomic E-state index is 13.0. The van der Waals surface area contributed by atoms with E-state index in [1.165, 1.54) is 11.1 Å². The van der Waals surface area contributed by atoms with E-state index in [4.69, 9.17) is 5.73 Å². The van der Waals surface area contributed by atoms with Crippen molar-refractivity contribution in [2.24, 2.45) is 17.6 Å². The maximum Gasteiger partial charge on any atom is 0.226 e. The van der Waals surface area contributed by atoms with E-state index < -0.39 is 0 Å². The number of hydrogen-bond acceptors (Lipinski definition) is 2. The first-order chi connectivity index (χ1) is 10.2. The number of likely N-dealkylation sites (tertiary alicyclic amines) is 1. The third-order valence-corrected chi connectivity index (χ3v) is 5.36. The van der Waals surface area contributed by atoms with Gasteiger partial charge >= 0.3 is 0 Å². The molecule has 3 nitrogen and oxygen atoms in total. The van der Waals surface area contributed by atoms with Crippen LogP contribution in [0.5, 0.6) is 0 Å². The third-order valence-electron chi connectivity index (χ3n) is 5.36. The summed E-state index contributed by atoms with van der Waals surface area (Å²) in [5, 5.41) is 0. The molecule has 3 rings (SSSR count). The quantitative estimate of drug-likeness (QED) is 0.928. The second-order valence-corrected chi connectivity index (χ2v) is 6.58. The molecule has 0 aromatic heterocycles. The minimum atomic E-state index is 0.166. The molecule has 1 saturated heterocycles. The molecule has 0 radical (unpaired) electrons. The van der Waals surface area contributed by atoms with Gasteiger partial charge in [0.15, 0.2) is 0 Å². The number of hydrogen-bond donors (Lipinski definition) is 1. The van der Waals surface area contributed by atoms with Crippen molar-refractivity contribution in [3.05, 3.63) is 35.4 Å². The second-order valence-electron chi connectivity index (χ2n) is 6.58. The first kappa shape index (κ1) is 14.6. The van der Waals surface area contributed by atoms with E-state index in [0.717, 1.165) is 38.6 Å². The Balaban J connectivity index is 1.81. The van der Waals surface area contributed by atoms with Gasteiger partial charge in [0.2, 0.25) is 5.91 Å². The van der Waals surface area contributed by atoms with E-state index in [1.54, 1.807) is 0 Å². The lowest BCUT2D eigenvalue weighted by atomic mass is 9.93. The standard InChI is InChI=1S/C18H26N2O/c1-13-6-2-3-8-15(13)17-10-5-11-20(17)18(21)16-9-4-7-14(16)12-19/h2-3,6,8,14,16-17H,4-5,7,9-12,19H2,1H3. The van der Waals surface area contributed by atoms with Gasteiger partial charge < -0.3 is 10.6 Å². The molecule has 114 valence electrons. The van der Waals surface area contributed by atoms with E-state index in [-0.39, 0.29) is 12.0 Å². The van der Waals surface area contributed by atoms with Crippen molar-refractivity contribution in [1.82, 2.24) is 4.90 Å². The van der Waals surface area contributed by atoms with Crippen molar-refractivity contribution in [3.8, 4) is 0 Å². The monoisotopic (exact) mass is 286 g/mol. The zero-order chi connectivity index (χ0) is 14.8. The molecular formula is C18H26N2O. The fourth-order valence-corrected chi connectivity index (χ4v) is 4.17. The zero-order valence-corrected chi connectivity index (χ0v) is 12.9. The van der Waals surface area contributed by atoms with Gasteiger partial charge in [0.25, 0.3) is 0 Å². The number of nitrogens with zero attached hydrogens (tertiary/aromatic N) is 1. The molecule has 0 bridgehead atoms. The van der Waals surface area contributed by atoms with Crippen LogP contribution in [-0.4, -0.2) is 23.9 Å². The predicted octanol–water partition coefficient (Wildman–Crippen LogP) is 3.03. The van der Waals surface area contributed by atoms with Gasteiger partial charge in [-0.1, -0.05) is 30.7 Å². The van der Waals surface area contributed by atoms with Crippen LogP contribution in [0.15, 0.2) is 24.3 Å². The fourth-order valence-electron chi connectivity index (χ4n) is 4.17. The van der Waals surface area contributed by atoms with Gasteiger partial charge in [-0.3, -0.25) is 4.79 Å². The second kappa shape index (κ2) is 6.18. The molecule has 2 N–H and O–H groups in total. The number of aryl methyl sites for hydroxylation is 1. The molecule has 2 aliphatic rings. The van der Waals surface area contributed by atoms with Crippen LogP contribution < -0.4 is 5.73 Å². The van der Waals surface area contributed by atoms with Crippen molar-refractivity contribution < 1.29 is 4.79 Å². The van der Waals surface area contributed by atoms with Crippen molar-refractivity contribution in [1.29, 1.82) is 0 Å². The zero-order valence-electron chi connectivity index (χ0n) is 12.9. The van der Waals surface area contributed by atoms with E-state index in [1.807, 2.05) is 0 Å². The van der Waals surface area contributed by atoms with Crippen LogP contribution >= 0.6 is 0 Å². The van der Waals surface area contributed by atoms with Crippen LogP contribution in [0.1, 0.15) is 49.3 Å². The Labute approximate surface area is 127 Å². The Morgan fingerprint density at radius 2 is 2.05 bits per heavy atom. The van der Waals surface area contributed by atoms with E-state index >= 15 is 0 Å². The highest BCUT2D eigenvalue weighted by molar-refractivity contribution is 5.80. The lowest BCUT2D eigenvalue weighted by Crippen LogP contribution is -2.38. The van der Waals surface area contributed by atoms with Crippen LogP contribution in [0.3, 0.4) is 0 Å². The van der Waals surface area contributed by atoms with Crippen LogP contribution in [-0.2, 0) is 4.79 Å². The SMILES string of the molecule is Cc1ccccc1C1CCCN1C(=O)C1CCCC1CN. The number of benzene rings is 1. The summed E-state index contributed by atoms with van der Waals surface area (Å²) in [5.74, 6) is 0.920. The molecule has 3 atom stereocenters. The molecular weight excluding hydrogens is 260 g/mol. The summed E-state index contributed by atoms with van der Waals surface area (Å²) in [6, 6.07) is 8.76. The highest BCUT2D eigenvalue weighted by atomic mass is 16.2. The molecule has 1 aromatic rings. The largest absolute Gasteiger partial charge is 0.335 e. The van der Waals surface area contributed by atoms with Gasteiger partial charge in [0.1, 0.15) is 0 Å². The summed E-state index contributed by atoms with van der Waals surface area (Å²) in [5.41, 5.74) is 8.48. The normalized spacial score (nSPS) is 29.0. The van der Waals surface area contributed by atoms with Crippen LogP contribution in [0.4, 0.5) is 0 Å². The molecule has 1 saturated carbocycles. The summed E-state index contributed by atoms with van der Waals surface area (Å²) < 4.78 is 0. The molecule has 1 aliphatic heterocycles. The van der Waals surface area contributed by atoms with Crippen LogP contribution in [0, 0.1) is 18.8 Å². The van der Waals surface area contributed by atoms with Crippen LogP contribution in [0.25, 0.3) is 0 Å². The van der Waals surface area contributed by atoms with Crippen molar-refractivity contribution in [2.75, 3.05) is 13.1 Å². The minimum Gasteiger partial charge on any atom is -0.335 e. The number of amides is 1. The summed E-state index contributed by atoms with van der Waals surface area (Å²) in [6.07, 6.45) is 5.51. The van der Waals surface area contributed by atoms with Gasteiger partial charge in [-0.2, -0.15) is 0 Å². The van der Waals surface area contributed by atoms with E-state index in [0.29, 0.717) is 18.4 Å². The van der Waals surface area contributed by atoms with Crippen molar-refractivity contribution in [2.45, 2.75) is 45.1 Å². The Morgan fingerprint density at radius 3 is 2.81 bits per heavy atom. The van der Waals surface area contributed by atoms with E-state index in [9.17, 15) is 4.79 Å². The predicted molar refractivity (Wildman–Crippen MR) is 84.8 cm³/mol. The first-order valence-electron chi connectivity index (χ1n) is 8.28. The molecule has 1 amide bonds. The van der Waals surface area contributed by atoms with Crippen LogP contribution in [0.2, 0.25) is 0 Å². The molecule has 1 heterocycles. The Bertz CT molecular complexity index is 514. The Hall–Kier alpha value is -1.35. The average molecular weight is 286 g/mol. The highest BCUT2D eigenvalue weighted by Crippen LogP contribution is 2.39. The molecule has 21 heavy (non-hydrogen) atoms. The lowest BCUT2D eigenvalue weighted by Gasteiger charge is -2.30. The molecule has 0 spiro atoms. The van der Waals surface area contributed by atoms with Gasteiger partial charge in [-0.15, -0.1) is 0 Å². The van der Waals surface area contributed by atoms with E-state index in [2.05, 4.69) is 36.1 Å². The van der Waals surface area contributed by atoms with Crippen molar-refractivity contribution >= 4 is 5.91 Å². The molecule has 1 aromatic carbocycles. The Kier molecular flexibility index (Phi) is 4.29. The maximum atomic E-state index is 13.0. The van der Waals surface area contributed by atoms with Crippen molar-refractivity contribution in [3.63, 3.8) is 0 Å². The van der Waals surface area contributed by atoms with Gasteiger partial charge in [0, 0.05) is 12.5 Å².